The molecule has 1 aromatic carbocycles. The topological polar surface area (TPSA) is 93.7 Å². The molecule has 1 N–H and O–H groups in total. The van der Waals surface area contributed by atoms with Crippen LogP contribution in [0.15, 0.2) is 18.2 Å². The lowest BCUT2D eigenvalue weighted by molar-refractivity contribution is -0.116. The van der Waals surface area contributed by atoms with E-state index in [0.717, 1.165) is 0 Å². The summed E-state index contributed by atoms with van der Waals surface area (Å²) in [7, 11) is 4.59. The Balaban J connectivity index is 1.83. The fourth-order valence-electron chi connectivity index (χ4n) is 2.95. The largest absolute Gasteiger partial charge is 0.480 e. The highest BCUT2D eigenvalue weighted by molar-refractivity contribution is 7.20. The second-order valence-electron chi connectivity index (χ2n) is 6.62. The van der Waals surface area contributed by atoms with Gasteiger partial charge in [-0.15, -0.1) is 11.3 Å². The summed E-state index contributed by atoms with van der Waals surface area (Å²) in [5.74, 6) is 0.0793. The number of anilines is 1. The molecule has 3 aromatic rings. The van der Waals surface area contributed by atoms with E-state index in [1.807, 2.05) is 0 Å². The summed E-state index contributed by atoms with van der Waals surface area (Å²) < 4.78 is 10.5. The van der Waals surface area contributed by atoms with Crippen LogP contribution >= 0.6 is 34.5 Å². The molecule has 31 heavy (non-hydrogen) atoms. The standard InChI is InChI=1S/C20H20Cl2N4O4S/c1-10-15-18(30-4)23-13(9-29-3)24-19(15)31-17(10)20(28)26(2)8-14(27)25-16-11(21)6-5-7-12(16)22/h5-7H,8-9H2,1-4H3,(H,25,27). The average molecular weight is 483 g/mol. The monoisotopic (exact) mass is 482 g/mol. The van der Waals surface area contributed by atoms with E-state index >= 15 is 0 Å². The van der Waals surface area contributed by atoms with Crippen molar-refractivity contribution in [3.8, 4) is 5.88 Å². The number of hydrogen-bond acceptors (Lipinski definition) is 7. The number of nitrogens with one attached hydrogen (secondary N) is 1. The molecule has 0 saturated carbocycles. The molecule has 0 aliphatic heterocycles. The highest BCUT2D eigenvalue weighted by Crippen LogP contribution is 2.35. The molecule has 3 rings (SSSR count). The van der Waals surface area contributed by atoms with Crippen molar-refractivity contribution in [1.82, 2.24) is 14.9 Å². The summed E-state index contributed by atoms with van der Waals surface area (Å²) in [5.41, 5.74) is 0.993. The molecule has 2 aromatic heterocycles. The minimum absolute atomic E-state index is 0.189. The molecule has 2 heterocycles. The maximum Gasteiger partial charge on any atom is 0.264 e. The van der Waals surface area contributed by atoms with Crippen molar-refractivity contribution in [1.29, 1.82) is 0 Å². The number of ether oxygens (including phenoxy) is 2. The first-order valence-corrected chi connectivity index (χ1v) is 10.7. The van der Waals surface area contributed by atoms with Gasteiger partial charge >= 0.3 is 0 Å². The maximum absolute atomic E-state index is 13.1. The predicted octanol–water partition coefficient (Wildman–Crippen LogP) is 4.17. The van der Waals surface area contributed by atoms with Gasteiger partial charge in [-0.05, 0) is 24.6 Å². The van der Waals surface area contributed by atoms with E-state index in [0.29, 0.717) is 48.1 Å². The zero-order valence-electron chi connectivity index (χ0n) is 17.3. The number of carbonyl (C=O) groups excluding carboxylic acids is 2. The lowest BCUT2D eigenvalue weighted by Crippen LogP contribution is -2.34. The molecule has 0 radical (unpaired) electrons. The number of methoxy groups -OCH3 is 2. The van der Waals surface area contributed by atoms with Crippen LogP contribution in [0.4, 0.5) is 5.69 Å². The smallest absolute Gasteiger partial charge is 0.264 e. The van der Waals surface area contributed by atoms with E-state index in [-0.39, 0.29) is 19.1 Å². The quantitative estimate of drug-likeness (QED) is 0.542. The number of likely N-dealkylation sites (N-methyl/N-ethyl adjacent to an activating group) is 1. The van der Waals surface area contributed by atoms with Crippen molar-refractivity contribution in [3.63, 3.8) is 0 Å². The minimum atomic E-state index is -0.427. The normalized spacial score (nSPS) is 10.9. The van der Waals surface area contributed by atoms with Gasteiger partial charge in [-0.25, -0.2) is 4.98 Å². The van der Waals surface area contributed by atoms with Crippen molar-refractivity contribution in [2.75, 3.05) is 33.1 Å². The number of benzene rings is 1. The number of thiophene rings is 1. The third-order valence-electron chi connectivity index (χ3n) is 4.42. The summed E-state index contributed by atoms with van der Waals surface area (Å²) >= 11 is 13.4. The van der Waals surface area contributed by atoms with Crippen LogP contribution < -0.4 is 10.1 Å². The first kappa shape index (κ1) is 23.2. The molecule has 0 spiro atoms. The van der Waals surface area contributed by atoms with Crippen molar-refractivity contribution in [3.05, 3.63) is 44.5 Å². The van der Waals surface area contributed by atoms with Crippen molar-refractivity contribution in [2.24, 2.45) is 0 Å². The maximum atomic E-state index is 13.1. The molecule has 0 atom stereocenters. The van der Waals surface area contributed by atoms with Crippen LogP contribution in [0.5, 0.6) is 5.88 Å². The van der Waals surface area contributed by atoms with Crippen LogP contribution in [0.2, 0.25) is 10.0 Å². The van der Waals surface area contributed by atoms with Crippen LogP contribution in [0, 0.1) is 6.92 Å². The van der Waals surface area contributed by atoms with Gasteiger partial charge in [0.2, 0.25) is 11.8 Å². The fraction of sp³-hybridized carbons (Fsp3) is 0.300. The van der Waals surface area contributed by atoms with Gasteiger partial charge in [0.05, 0.1) is 39.7 Å². The summed E-state index contributed by atoms with van der Waals surface area (Å²) in [6.07, 6.45) is 0. The van der Waals surface area contributed by atoms with E-state index in [1.165, 1.54) is 23.3 Å². The molecule has 0 fully saturated rings. The number of halogens is 2. The minimum Gasteiger partial charge on any atom is -0.480 e. The Morgan fingerprint density at radius 2 is 1.87 bits per heavy atom. The number of amides is 2. The van der Waals surface area contributed by atoms with E-state index in [4.69, 9.17) is 32.7 Å². The molecule has 0 bridgehead atoms. The summed E-state index contributed by atoms with van der Waals surface area (Å²) in [6, 6.07) is 4.91. The first-order valence-electron chi connectivity index (χ1n) is 9.09. The van der Waals surface area contributed by atoms with E-state index in [9.17, 15) is 9.59 Å². The second-order valence-corrected chi connectivity index (χ2v) is 8.44. The lowest BCUT2D eigenvalue weighted by Gasteiger charge is -2.17. The number of hydrogen-bond donors (Lipinski definition) is 1. The molecule has 0 unspecified atom stereocenters. The molecule has 0 aliphatic carbocycles. The fourth-order valence-corrected chi connectivity index (χ4v) is 4.62. The predicted molar refractivity (Wildman–Crippen MR) is 121 cm³/mol. The summed E-state index contributed by atoms with van der Waals surface area (Å²) in [5, 5.41) is 3.94. The van der Waals surface area contributed by atoms with Gasteiger partial charge < -0.3 is 19.7 Å². The highest BCUT2D eigenvalue weighted by Gasteiger charge is 2.24. The third-order valence-corrected chi connectivity index (χ3v) is 6.22. The molecule has 8 nitrogen and oxygen atoms in total. The number of rotatable bonds is 7. The van der Waals surface area contributed by atoms with E-state index in [2.05, 4.69) is 15.3 Å². The number of aromatic nitrogens is 2. The van der Waals surface area contributed by atoms with Crippen LogP contribution in [0.1, 0.15) is 21.1 Å². The molecule has 0 aliphatic rings. The SMILES string of the molecule is COCc1nc(OC)c2c(C)c(C(=O)N(C)CC(=O)Nc3c(Cl)cccc3Cl)sc2n1. The van der Waals surface area contributed by atoms with Gasteiger partial charge in [0.25, 0.3) is 5.91 Å². The Bertz CT molecular complexity index is 1130. The number of aryl methyl sites for hydroxylation is 1. The first-order chi connectivity index (χ1) is 14.8. The highest BCUT2D eigenvalue weighted by atomic mass is 35.5. The zero-order chi connectivity index (χ0) is 22.7. The van der Waals surface area contributed by atoms with Crippen LogP contribution in [0.3, 0.4) is 0 Å². The summed E-state index contributed by atoms with van der Waals surface area (Å²) in [4.78, 5) is 36.7. The number of carbonyl (C=O) groups is 2. The Morgan fingerprint density at radius 1 is 1.19 bits per heavy atom. The third kappa shape index (κ3) is 4.90. The Morgan fingerprint density at radius 3 is 2.48 bits per heavy atom. The van der Waals surface area contributed by atoms with E-state index < -0.39 is 5.91 Å². The Hall–Kier alpha value is -2.46. The summed E-state index contributed by atoms with van der Waals surface area (Å²) in [6.45, 7) is 1.83. The Labute approximate surface area is 193 Å². The van der Waals surface area contributed by atoms with Crippen LogP contribution in [0.25, 0.3) is 10.2 Å². The van der Waals surface area contributed by atoms with Crippen LogP contribution in [-0.2, 0) is 16.1 Å². The molecule has 11 heteroatoms. The Kier molecular flexibility index (Phi) is 7.32. The average Bonchev–Trinajstić information content (AvgIpc) is 3.06. The van der Waals surface area contributed by atoms with Gasteiger partial charge in [0, 0.05) is 14.2 Å². The van der Waals surface area contributed by atoms with Gasteiger partial charge in [0.1, 0.15) is 11.4 Å². The van der Waals surface area contributed by atoms with Gasteiger partial charge in [-0.1, -0.05) is 29.3 Å². The number of fused-ring (bicyclic) bond motifs is 1. The van der Waals surface area contributed by atoms with E-state index in [1.54, 1.807) is 39.3 Å². The number of para-hydroxylation sites is 1. The molecule has 0 saturated heterocycles. The molecular formula is C20H20Cl2N4O4S. The molecule has 2 amide bonds. The number of nitrogens with zero attached hydrogens (tertiary/aromatic N) is 3. The molecular weight excluding hydrogens is 463 g/mol. The van der Waals surface area contributed by atoms with Crippen molar-refractivity contribution >= 4 is 62.3 Å². The molecule has 164 valence electrons. The van der Waals surface area contributed by atoms with Crippen molar-refractivity contribution < 1.29 is 19.1 Å². The van der Waals surface area contributed by atoms with Gasteiger partial charge in [-0.2, -0.15) is 4.98 Å². The van der Waals surface area contributed by atoms with Crippen molar-refractivity contribution in [2.45, 2.75) is 13.5 Å². The zero-order valence-corrected chi connectivity index (χ0v) is 19.6. The lowest BCUT2D eigenvalue weighted by atomic mass is 10.2. The second kappa shape index (κ2) is 9.78. The van der Waals surface area contributed by atoms with Gasteiger partial charge in [0.15, 0.2) is 5.82 Å². The van der Waals surface area contributed by atoms with Crippen LogP contribution in [-0.4, -0.2) is 54.5 Å². The van der Waals surface area contributed by atoms with Gasteiger partial charge in [-0.3, -0.25) is 9.59 Å².